The van der Waals surface area contributed by atoms with Crippen LogP contribution in [0.5, 0.6) is 5.88 Å². The summed E-state index contributed by atoms with van der Waals surface area (Å²) in [6.45, 7) is 2.26. The average Bonchev–Trinajstić information content (AvgIpc) is 2.97. The molecule has 122 valence electrons. The van der Waals surface area contributed by atoms with Crippen molar-refractivity contribution in [3.8, 4) is 17.1 Å². The Kier molecular flexibility index (Phi) is 4.79. The van der Waals surface area contributed by atoms with Crippen LogP contribution >= 0.6 is 22.6 Å². The normalized spacial score (nSPS) is 10.6. The second-order valence-electron chi connectivity index (χ2n) is 4.97. The van der Waals surface area contributed by atoms with Crippen LogP contribution in [0.4, 0.5) is 5.82 Å². The fourth-order valence-corrected chi connectivity index (χ4v) is 2.66. The second kappa shape index (κ2) is 7.00. The molecule has 0 atom stereocenters. The lowest BCUT2D eigenvalue weighted by molar-refractivity contribution is 0.0943. The lowest BCUT2D eigenvalue weighted by Crippen LogP contribution is -2.17. The number of nitrogens with two attached hydrogens (primary N) is 1. The molecule has 0 amide bonds. The van der Waals surface area contributed by atoms with Gasteiger partial charge < -0.3 is 10.5 Å². The number of benzene rings is 1. The fourth-order valence-electron chi connectivity index (χ4n) is 2.30. The molecule has 0 saturated heterocycles. The predicted molar refractivity (Wildman–Crippen MR) is 99.9 cm³/mol. The number of aromatic nitrogens is 3. The smallest absolute Gasteiger partial charge is 0.284 e. The number of hydrogen-bond donors (Lipinski definition) is 1. The van der Waals surface area contributed by atoms with Crippen LogP contribution < -0.4 is 10.5 Å². The third-order valence-electron chi connectivity index (χ3n) is 3.34. The van der Waals surface area contributed by atoms with Crippen LogP contribution in [0, 0.1) is 3.57 Å². The van der Waals surface area contributed by atoms with Crippen molar-refractivity contribution in [2.45, 2.75) is 6.92 Å². The number of rotatable bonds is 4. The SMILES string of the molecule is CCOc1ncccc1C(=O)n1nc(N)cc1-c1ccc(I)cc1. The Morgan fingerprint density at radius 1 is 1.29 bits per heavy atom. The summed E-state index contributed by atoms with van der Waals surface area (Å²) in [5.41, 5.74) is 7.65. The first-order valence-corrected chi connectivity index (χ1v) is 8.42. The molecule has 0 radical (unpaired) electrons. The number of carbonyl (C=O) groups excluding carboxylic acids is 1. The zero-order chi connectivity index (χ0) is 17.1. The van der Waals surface area contributed by atoms with Gasteiger partial charge >= 0.3 is 0 Å². The first-order valence-electron chi connectivity index (χ1n) is 7.34. The van der Waals surface area contributed by atoms with Gasteiger partial charge in [0.25, 0.3) is 5.91 Å². The van der Waals surface area contributed by atoms with Gasteiger partial charge in [0.1, 0.15) is 11.4 Å². The quantitative estimate of drug-likeness (QED) is 0.638. The molecule has 0 aliphatic carbocycles. The number of carbonyl (C=O) groups is 1. The summed E-state index contributed by atoms with van der Waals surface area (Å²) >= 11 is 2.23. The number of hydrogen-bond acceptors (Lipinski definition) is 5. The van der Waals surface area contributed by atoms with E-state index in [1.165, 1.54) is 4.68 Å². The summed E-state index contributed by atoms with van der Waals surface area (Å²) in [5, 5.41) is 4.15. The highest BCUT2D eigenvalue weighted by atomic mass is 127. The van der Waals surface area contributed by atoms with E-state index < -0.39 is 0 Å². The van der Waals surface area contributed by atoms with Gasteiger partial charge in [0.2, 0.25) is 5.88 Å². The molecule has 0 saturated carbocycles. The molecule has 2 aromatic heterocycles. The first kappa shape index (κ1) is 16.4. The van der Waals surface area contributed by atoms with E-state index >= 15 is 0 Å². The van der Waals surface area contributed by atoms with Gasteiger partial charge in [-0.25, -0.2) is 4.98 Å². The van der Waals surface area contributed by atoms with Gasteiger partial charge in [-0.2, -0.15) is 4.68 Å². The minimum Gasteiger partial charge on any atom is -0.477 e. The van der Waals surface area contributed by atoms with Crippen molar-refractivity contribution in [3.05, 3.63) is 57.8 Å². The van der Waals surface area contributed by atoms with E-state index in [2.05, 4.69) is 32.7 Å². The van der Waals surface area contributed by atoms with E-state index in [-0.39, 0.29) is 17.6 Å². The summed E-state index contributed by atoms with van der Waals surface area (Å²) in [6, 6.07) is 12.8. The van der Waals surface area contributed by atoms with E-state index in [0.717, 1.165) is 9.13 Å². The molecule has 0 aliphatic rings. The summed E-state index contributed by atoms with van der Waals surface area (Å²) < 4.78 is 7.84. The van der Waals surface area contributed by atoms with E-state index in [1.807, 2.05) is 31.2 Å². The zero-order valence-electron chi connectivity index (χ0n) is 12.9. The van der Waals surface area contributed by atoms with Gasteiger partial charge in [0, 0.05) is 21.4 Å². The first-order chi connectivity index (χ1) is 11.6. The lowest BCUT2D eigenvalue weighted by Gasteiger charge is -2.10. The van der Waals surface area contributed by atoms with E-state index in [1.54, 1.807) is 24.4 Å². The third-order valence-corrected chi connectivity index (χ3v) is 4.06. The third kappa shape index (κ3) is 3.25. The molecule has 0 aliphatic heterocycles. The van der Waals surface area contributed by atoms with E-state index in [0.29, 0.717) is 17.9 Å². The van der Waals surface area contributed by atoms with Crippen LogP contribution in [-0.2, 0) is 0 Å². The standard InChI is InChI=1S/C17H15IN4O2/c1-2-24-16-13(4-3-9-20-16)17(23)22-14(10-15(19)21-22)11-5-7-12(18)8-6-11/h3-10H,2H2,1H3,(H2,19,21). The van der Waals surface area contributed by atoms with Crippen LogP contribution in [0.25, 0.3) is 11.3 Å². The minimum atomic E-state index is -0.336. The molecule has 7 heteroatoms. The van der Waals surface area contributed by atoms with E-state index in [4.69, 9.17) is 10.5 Å². The van der Waals surface area contributed by atoms with Crippen LogP contribution in [0.2, 0.25) is 0 Å². The second-order valence-corrected chi connectivity index (χ2v) is 6.21. The lowest BCUT2D eigenvalue weighted by atomic mass is 10.1. The van der Waals surface area contributed by atoms with Crippen LogP contribution in [0.1, 0.15) is 17.3 Å². The highest BCUT2D eigenvalue weighted by Crippen LogP contribution is 2.25. The zero-order valence-corrected chi connectivity index (χ0v) is 15.1. The summed E-state index contributed by atoms with van der Waals surface area (Å²) in [6.07, 6.45) is 1.58. The summed E-state index contributed by atoms with van der Waals surface area (Å²) in [4.78, 5) is 17.1. The van der Waals surface area contributed by atoms with Crippen LogP contribution in [0.3, 0.4) is 0 Å². The topological polar surface area (TPSA) is 83.0 Å². The Labute approximate surface area is 152 Å². The van der Waals surface area contributed by atoms with Gasteiger partial charge in [-0.05, 0) is 53.8 Å². The molecule has 0 unspecified atom stereocenters. The van der Waals surface area contributed by atoms with Crippen LogP contribution in [-0.4, -0.2) is 27.3 Å². The monoisotopic (exact) mass is 434 g/mol. The largest absolute Gasteiger partial charge is 0.477 e. The van der Waals surface area contributed by atoms with Crippen molar-refractivity contribution >= 4 is 34.3 Å². The Bertz CT molecular complexity index is 875. The molecule has 0 spiro atoms. The van der Waals surface area contributed by atoms with Crippen molar-refractivity contribution in [2.75, 3.05) is 12.3 Å². The Morgan fingerprint density at radius 2 is 2.04 bits per heavy atom. The maximum Gasteiger partial charge on any atom is 0.284 e. The van der Waals surface area contributed by atoms with Gasteiger partial charge in [-0.3, -0.25) is 4.79 Å². The highest BCUT2D eigenvalue weighted by Gasteiger charge is 2.20. The van der Waals surface area contributed by atoms with Crippen molar-refractivity contribution < 1.29 is 9.53 Å². The van der Waals surface area contributed by atoms with Crippen molar-refractivity contribution in [1.29, 1.82) is 0 Å². The molecule has 2 N–H and O–H groups in total. The molecule has 0 fully saturated rings. The number of nitrogen functional groups attached to an aromatic ring is 1. The molecule has 0 bridgehead atoms. The predicted octanol–water partition coefficient (Wildman–Crippen LogP) is 3.22. The van der Waals surface area contributed by atoms with E-state index in [9.17, 15) is 4.79 Å². The van der Waals surface area contributed by atoms with Gasteiger partial charge in [0.05, 0.1) is 12.3 Å². The Hall–Kier alpha value is -2.42. The number of pyridine rings is 1. The van der Waals surface area contributed by atoms with Crippen molar-refractivity contribution in [2.24, 2.45) is 0 Å². The highest BCUT2D eigenvalue weighted by molar-refractivity contribution is 14.1. The average molecular weight is 434 g/mol. The number of halogens is 1. The number of anilines is 1. The van der Waals surface area contributed by atoms with Crippen molar-refractivity contribution in [1.82, 2.24) is 14.8 Å². The number of nitrogens with zero attached hydrogens (tertiary/aromatic N) is 3. The Morgan fingerprint density at radius 3 is 2.75 bits per heavy atom. The van der Waals surface area contributed by atoms with Gasteiger partial charge in [-0.1, -0.05) is 12.1 Å². The molecule has 3 rings (SSSR count). The van der Waals surface area contributed by atoms with Crippen LogP contribution in [0.15, 0.2) is 48.7 Å². The number of ether oxygens (including phenoxy) is 1. The minimum absolute atomic E-state index is 0.277. The molecular weight excluding hydrogens is 419 g/mol. The molecule has 3 aromatic rings. The summed E-state index contributed by atoms with van der Waals surface area (Å²) in [5.74, 6) is 0.225. The fraction of sp³-hybridized carbons (Fsp3) is 0.118. The van der Waals surface area contributed by atoms with Gasteiger partial charge in [0.15, 0.2) is 0 Å². The molecule has 2 heterocycles. The molecule has 6 nitrogen and oxygen atoms in total. The molecule has 24 heavy (non-hydrogen) atoms. The summed E-state index contributed by atoms with van der Waals surface area (Å²) in [7, 11) is 0. The maximum absolute atomic E-state index is 12.9. The maximum atomic E-state index is 12.9. The molecular formula is C17H15IN4O2. The Balaban J connectivity index is 2.07. The molecule has 1 aromatic carbocycles. The van der Waals surface area contributed by atoms with Gasteiger partial charge in [-0.15, -0.1) is 5.10 Å². The van der Waals surface area contributed by atoms with Crippen molar-refractivity contribution in [3.63, 3.8) is 0 Å².